The standard InChI is InChI=1S/C24H26FN3O2/c25-22-10-4-5-11-23(22)27-12-14-28(15-13-27)24(29)19-26(18-21-9-6-16-30-21)17-20-7-2-1-3-8-20/h1-11,16H,12-15,17-19H2. The molecule has 0 bridgehead atoms. The molecule has 0 atom stereocenters. The minimum absolute atomic E-state index is 0.0886. The Hall–Kier alpha value is -3.12. The van der Waals surface area contributed by atoms with Crippen molar-refractivity contribution in [2.24, 2.45) is 0 Å². The van der Waals surface area contributed by atoms with Crippen LogP contribution in [0.1, 0.15) is 11.3 Å². The van der Waals surface area contributed by atoms with Crippen LogP contribution in [0.5, 0.6) is 0 Å². The van der Waals surface area contributed by atoms with Gasteiger partial charge >= 0.3 is 0 Å². The predicted molar refractivity (Wildman–Crippen MR) is 114 cm³/mol. The van der Waals surface area contributed by atoms with E-state index in [0.29, 0.717) is 51.5 Å². The molecule has 5 nitrogen and oxygen atoms in total. The highest BCUT2D eigenvalue weighted by Gasteiger charge is 2.24. The maximum atomic E-state index is 14.1. The molecule has 2 aromatic carbocycles. The number of hydrogen-bond donors (Lipinski definition) is 0. The van der Waals surface area contributed by atoms with Crippen LogP contribution < -0.4 is 4.90 Å². The van der Waals surface area contributed by atoms with E-state index in [9.17, 15) is 9.18 Å². The molecule has 2 heterocycles. The topological polar surface area (TPSA) is 39.9 Å². The zero-order valence-corrected chi connectivity index (χ0v) is 16.9. The average molecular weight is 407 g/mol. The number of furan rings is 1. The number of carbonyl (C=O) groups excluding carboxylic acids is 1. The van der Waals surface area contributed by atoms with E-state index in [-0.39, 0.29) is 11.7 Å². The third-order valence-electron chi connectivity index (χ3n) is 5.39. The van der Waals surface area contributed by atoms with Gasteiger partial charge in [-0.05, 0) is 29.8 Å². The van der Waals surface area contributed by atoms with E-state index < -0.39 is 0 Å². The second-order valence-corrected chi connectivity index (χ2v) is 7.53. The molecule has 1 aliphatic rings. The summed E-state index contributed by atoms with van der Waals surface area (Å²) in [6.45, 7) is 3.99. The molecule has 1 aliphatic heterocycles. The number of benzene rings is 2. The molecular weight excluding hydrogens is 381 g/mol. The quantitative estimate of drug-likeness (QED) is 0.598. The average Bonchev–Trinajstić information content (AvgIpc) is 3.28. The first-order chi connectivity index (χ1) is 14.7. The predicted octanol–water partition coefficient (Wildman–Crippen LogP) is 3.77. The molecule has 6 heteroatoms. The van der Waals surface area contributed by atoms with Crippen LogP contribution in [0.3, 0.4) is 0 Å². The van der Waals surface area contributed by atoms with Crippen LogP contribution in [0.25, 0.3) is 0 Å². The summed E-state index contributed by atoms with van der Waals surface area (Å²) in [7, 11) is 0. The van der Waals surface area contributed by atoms with E-state index in [0.717, 1.165) is 11.3 Å². The summed E-state index contributed by atoms with van der Waals surface area (Å²) in [5, 5.41) is 0. The fourth-order valence-corrected chi connectivity index (χ4v) is 3.83. The lowest BCUT2D eigenvalue weighted by atomic mass is 10.2. The van der Waals surface area contributed by atoms with Gasteiger partial charge in [-0.3, -0.25) is 9.69 Å². The number of nitrogens with zero attached hydrogens (tertiary/aromatic N) is 3. The molecule has 1 saturated heterocycles. The first kappa shape index (κ1) is 20.2. The van der Waals surface area contributed by atoms with Crippen molar-refractivity contribution in [2.45, 2.75) is 13.1 Å². The van der Waals surface area contributed by atoms with E-state index in [1.165, 1.54) is 6.07 Å². The van der Waals surface area contributed by atoms with Crippen LogP contribution in [0.2, 0.25) is 0 Å². The Labute approximate surface area is 176 Å². The monoisotopic (exact) mass is 407 g/mol. The maximum Gasteiger partial charge on any atom is 0.236 e. The molecule has 4 rings (SSSR count). The van der Waals surface area contributed by atoms with Crippen LogP contribution in [0.15, 0.2) is 77.4 Å². The minimum Gasteiger partial charge on any atom is -0.468 e. The van der Waals surface area contributed by atoms with Crippen molar-refractivity contribution >= 4 is 11.6 Å². The zero-order chi connectivity index (χ0) is 20.8. The van der Waals surface area contributed by atoms with Gasteiger partial charge in [0.25, 0.3) is 0 Å². The highest BCUT2D eigenvalue weighted by Crippen LogP contribution is 2.20. The van der Waals surface area contributed by atoms with Crippen molar-refractivity contribution in [3.8, 4) is 0 Å². The molecule has 0 saturated carbocycles. The highest BCUT2D eigenvalue weighted by atomic mass is 19.1. The van der Waals surface area contributed by atoms with Crippen LogP contribution in [0.4, 0.5) is 10.1 Å². The number of amides is 1. The normalized spacial score (nSPS) is 14.3. The molecule has 0 N–H and O–H groups in total. The van der Waals surface area contributed by atoms with Crippen LogP contribution >= 0.6 is 0 Å². The summed E-state index contributed by atoms with van der Waals surface area (Å²) >= 11 is 0. The van der Waals surface area contributed by atoms with Gasteiger partial charge in [-0.2, -0.15) is 0 Å². The van der Waals surface area contributed by atoms with E-state index in [1.807, 2.05) is 46.2 Å². The van der Waals surface area contributed by atoms with Gasteiger partial charge in [-0.25, -0.2) is 4.39 Å². The molecule has 1 amide bonds. The molecule has 0 spiro atoms. The molecule has 1 fully saturated rings. The van der Waals surface area contributed by atoms with E-state index >= 15 is 0 Å². The van der Waals surface area contributed by atoms with Crippen LogP contribution in [-0.4, -0.2) is 48.4 Å². The number of hydrogen-bond acceptors (Lipinski definition) is 4. The largest absolute Gasteiger partial charge is 0.468 e. The number of anilines is 1. The molecule has 0 aliphatic carbocycles. The lowest BCUT2D eigenvalue weighted by Gasteiger charge is -2.37. The molecule has 0 radical (unpaired) electrons. The summed E-state index contributed by atoms with van der Waals surface area (Å²) < 4.78 is 19.5. The number of halogens is 1. The first-order valence-electron chi connectivity index (χ1n) is 10.2. The van der Waals surface area contributed by atoms with Gasteiger partial charge in [-0.15, -0.1) is 0 Å². The Kier molecular flexibility index (Phi) is 6.44. The summed E-state index contributed by atoms with van der Waals surface area (Å²) in [5.41, 5.74) is 1.76. The fourth-order valence-electron chi connectivity index (χ4n) is 3.83. The Bertz CT molecular complexity index is 938. The highest BCUT2D eigenvalue weighted by molar-refractivity contribution is 5.78. The molecule has 156 valence electrons. The van der Waals surface area contributed by atoms with Crippen molar-refractivity contribution in [3.05, 3.63) is 90.1 Å². The summed E-state index contributed by atoms with van der Waals surface area (Å²) in [5.74, 6) is 0.707. The second-order valence-electron chi connectivity index (χ2n) is 7.53. The molecule has 30 heavy (non-hydrogen) atoms. The van der Waals surface area contributed by atoms with Gasteiger partial charge in [0.05, 0.1) is 25.0 Å². The van der Waals surface area contributed by atoms with E-state index in [4.69, 9.17) is 4.42 Å². The van der Waals surface area contributed by atoms with E-state index in [2.05, 4.69) is 17.0 Å². The van der Waals surface area contributed by atoms with Gasteiger partial charge in [0.1, 0.15) is 11.6 Å². The van der Waals surface area contributed by atoms with Gasteiger partial charge in [0.15, 0.2) is 0 Å². The van der Waals surface area contributed by atoms with Crippen molar-refractivity contribution in [2.75, 3.05) is 37.6 Å². The van der Waals surface area contributed by atoms with Crippen LogP contribution in [0, 0.1) is 5.82 Å². The summed E-state index contributed by atoms with van der Waals surface area (Å²) in [4.78, 5) is 19.0. The number of carbonyl (C=O) groups is 1. The van der Waals surface area contributed by atoms with Gasteiger partial charge in [0, 0.05) is 32.7 Å². The Morgan fingerprint density at radius 3 is 2.33 bits per heavy atom. The molecule has 3 aromatic rings. The minimum atomic E-state index is -0.218. The van der Waals surface area contributed by atoms with Crippen molar-refractivity contribution in [1.82, 2.24) is 9.80 Å². The van der Waals surface area contributed by atoms with Crippen molar-refractivity contribution in [1.29, 1.82) is 0 Å². The van der Waals surface area contributed by atoms with Gasteiger partial charge in [0.2, 0.25) is 5.91 Å². The van der Waals surface area contributed by atoms with Gasteiger partial charge in [-0.1, -0.05) is 42.5 Å². The Morgan fingerprint density at radius 1 is 0.900 bits per heavy atom. The molecule has 1 aromatic heterocycles. The lowest BCUT2D eigenvalue weighted by Crippen LogP contribution is -2.51. The fraction of sp³-hybridized carbons (Fsp3) is 0.292. The first-order valence-corrected chi connectivity index (χ1v) is 10.2. The van der Waals surface area contributed by atoms with Crippen molar-refractivity contribution < 1.29 is 13.6 Å². The Morgan fingerprint density at radius 2 is 1.63 bits per heavy atom. The summed E-state index contributed by atoms with van der Waals surface area (Å²) in [6.07, 6.45) is 1.65. The van der Waals surface area contributed by atoms with Gasteiger partial charge < -0.3 is 14.2 Å². The third-order valence-corrected chi connectivity index (χ3v) is 5.39. The lowest BCUT2D eigenvalue weighted by molar-refractivity contribution is -0.133. The zero-order valence-electron chi connectivity index (χ0n) is 16.9. The number of piperazine rings is 1. The molecular formula is C24H26FN3O2. The number of rotatable bonds is 7. The number of para-hydroxylation sites is 1. The smallest absolute Gasteiger partial charge is 0.236 e. The second kappa shape index (κ2) is 9.59. The third kappa shape index (κ3) is 5.07. The van der Waals surface area contributed by atoms with Crippen LogP contribution in [-0.2, 0) is 17.9 Å². The summed E-state index contributed by atoms with van der Waals surface area (Å²) in [6, 6.07) is 20.7. The van der Waals surface area contributed by atoms with Crippen molar-refractivity contribution in [3.63, 3.8) is 0 Å². The molecule has 0 unspecified atom stereocenters. The SMILES string of the molecule is O=C(CN(Cc1ccccc1)Cc1ccco1)N1CCN(c2ccccc2F)CC1. The Balaban J connectivity index is 1.37. The maximum absolute atomic E-state index is 14.1. The van der Waals surface area contributed by atoms with E-state index in [1.54, 1.807) is 18.4 Å².